The SMILES string of the molecule is CCCP(CCC)CC(C)C. The second-order valence-corrected chi connectivity index (χ2v) is 6.30. The van der Waals surface area contributed by atoms with E-state index in [0.717, 1.165) is 5.92 Å². The van der Waals surface area contributed by atoms with Crippen molar-refractivity contribution in [3.8, 4) is 0 Å². The van der Waals surface area contributed by atoms with Crippen LogP contribution in [-0.2, 0) is 0 Å². The molecule has 0 heterocycles. The van der Waals surface area contributed by atoms with Crippen LogP contribution in [0.15, 0.2) is 0 Å². The standard InChI is InChI=1S/C10H23P/c1-5-7-11(8-6-2)9-10(3)4/h10H,5-9H2,1-4H3. The fourth-order valence-electron chi connectivity index (χ4n) is 1.44. The minimum absolute atomic E-state index is 0.400. The van der Waals surface area contributed by atoms with Crippen molar-refractivity contribution in [2.75, 3.05) is 18.5 Å². The lowest BCUT2D eigenvalue weighted by molar-refractivity contribution is 0.741. The van der Waals surface area contributed by atoms with Crippen molar-refractivity contribution in [1.82, 2.24) is 0 Å². The molecule has 0 amide bonds. The first kappa shape index (κ1) is 11.4. The van der Waals surface area contributed by atoms with Gasteiger partial charge in [0, 0.05) is 0 Å². The van der Waals surface area contributed by atoms with Gasteiger partial charge >= 0.3 is 0 Å². The minimum atomic E-state index is 0.400. The van der Waals surface area contributed by atoms with Crippen LogP contribution in [0.4, 0.5) is 0 Å². The van der Waals surface area contributed by atoms with Gasteiger partial charge in [0.05, 0.1) is 0 Å². The van der Waals surface area contributed by atoms with E-state index in [1.807, 2.05) is 0 Å². The van der Waals surface area contributed by atoms with Crippen LogP contribution in [0, 0.1) is 5.92 Å². The smallest absolute Gasteiger partial charge is 0.0303 e. The van der Waals surface area contributed by atoms with Gasteiger partial charge in [-0.15, -0.1) is 7.92 Å². The van der Waals surface area contributed by atoms with Gasteiger partial charge in [0.2, 0.25) is 0 Å². The summed E-state index contributed by atoms with van der Waals surface area (Å²) in [7, 11) is 0.400. The van der Waals surface area contributed by atoms with Gasteiger partial charge in [0.1, 0.15) is 0 Å². The van der Waals surface area contributed by atoms with E-state index in [1.165, 1.54) is 31.3 Å². The molecule has 0 bridgehead atoms. The topological polar surface area (TPSA) is 0 Å². The Hall–Kier alpha value is 0.430. The van der Waals surface area contributed by atoms with Gasteiger partial charge in [-0.05, 0) is 24.4 Å². The number of hydrogen-bond donors (Lipinski definition) is 0. The van der Waals surface area contributed by atoms with Crippen LogP contribution in [-0.4, -0.2) is 18.5 Å². The molecule has 0 saturated heterocycles. The van der Waals surface area contributed by atoms with Crippen LogP contribution in [0.1, 0.15) is 40.5 Å². The Kier molecular flexibility index (Phi) is 7.38. The fourth-order valence-corrected chi connectivity index (χ4v) is 4.33. The van der Waals surface area contributed by atoms with E-state index in [2.05, 4.69) is 27.7 Å². The van der Waals surface area contributed by atoms with Crippen LogP contribution in [0.2, 0.25) is 0 Å². The summed E-state index contributed by atoms with van der Waals surface area (Å²) < 4.78 is 0. The molecule has 0 fully saturated rings. The zero-order valence-electron chi connectivity index (χ0n) is 8.56. The molecule has 0 aromatic carbocycles. The van der Waals surface area contributed by atoms with Gasteiger partial charge in [-0.1, -0.05) is 40.5 Å². The molecule has 0 aromatic heterocycles. The molecular weight excluding hydrogens is 151 g/mol. The van der Waals surface area contributed by atoms with E-state index in [-0.39, 0.29) is 0 Å². The molecule has 1 heteroatoms. The summed E-state index contributed by atoms with van der Waals surface area (Å²) in [4.78, 5) is 0. The summed E-state index contributed by atoms with van der Waals surface area (Å²) in [5.74, 6) is 0.916. The molecule has 0 atom stereocenters. The second-order valence-electron chi connectivity index (χ2n) is 3.69. The molecule has 0 N–H and O–H groups in total. The van der Waals surface area contributed by atoms with E-state index in [9.17, 15) is 0 Å². The molecule has 0 aliphatic heterocycles. The van der Waals surface area contributed by atoms with Crippen LogP contribution in [0.3, 0.4) is 0 Å². The van der Waals surface area contributed by atoms with E-state index in [0.29, 0.717) is 7.92 Å². The summed E-state index contributed by atoms with van der Waals surface area (Å²) in [5, 5.41) is 0. The Balaban J connectivity index is 3.50. The van der Waals surface area contributed by atoms with Crippen LogP contribution >= 0.6 is 7.92 Å². The molecule has 0 spiro atoms. The highest BCUT2D eigenvalue weighted by Crippen LogP contribution is 2.38. The average molecular weight is 174 g/mol. The lowest BCUT2D eigenvalue weighted by Crippen LogP contribution is -1.99. The third-order valence-electron chi connectivity index (χ3n) is 1.70. The highest BCUT2D eigenvalue weighted by molar-refractivity contribution is 7.57. The van der Waals surface area contributed by atoms with Crippen molar-refractivity contribution in [3.63, 3.8) is 0 Å². The van der Waals surface area contributed by atoms with Gasteiger partial charge in [0.25, 0.3) is 0 Å². The molecular formula is C10H23P. The largest absolute Gasteiger partial charge is 0.106 e. The monoisotopic (exact) mass is 174 g/mol. The van der Waals surface area contributed by atoms with Gasteiger partial charge in [-0.3, -0.25) is 0 Å². The minimum Gasteiger partial charge on any atom is -0.106 e. The first-order chi connectivity index (χ1) is 5.20. The Bertz CT molecular complexity index is 72.9. The van der Waals surface area contributed by atoms with E-state index >= 15 is 0 Å². The van der Waals surface area contributed by atoms with Crippen molar-refractivity contribution in [1.29, 1.82) is 0 Å². The van der Waals surface area contributed by atoms with Crippen LogP contribution in [0.25, 0.3) is 0 Å². The lowest BCUT2D eigenvalue weighted by atomic mass is 10.3. The maximum Gasteiger partial charge on any atom is -0.0303 e. The first-order valence-corrected chi connectivity index (χ1v) is 6.82. The summed E-state index contributed by atoms with van der Waals surface area (Å²) in [6.45, 7) is 9.32. The quantitative estimate of drug-likeness (QED) is 0.535. The fraction of sp³-hybridized carbons (Fsp3) is 1.00. The summed E-state index contributed by atoms with van der Waals surface area (Å²) in [5.41, 5.74) is 0. The number of rotatable bonds is 6. The highest BCUT2D eigenvalue weighted by atomic mass is 31.1. The molecule has 0 rings (SSSR count). The summed E-state index contributed by atoms with van der Waals surface area (Å²) in [6, 6.07) is 0. The zero-order valence-corrected chi connectivity index (χ0v) is 9.45. The molecule has 0 nitrogen and oxygen atoms in total. The van der Waals surface area contributed by atoms with Crippen molar-refractivity contribution in [3.05, 3.63) is 0 Å². The van der Waals surface area contributed by atoms with Crippen LogP contribution in [0.5, 0.6) is 0 Å². The van der Waals surface area contributed by atoms with Gasteiger partial charge in [-0.25, -0.2) is 0 Å². The van der Waals surface area contributed by atoms with Gasteiger partial charge in [0.15, 0.2) is 0 Å². The van der Waals surface area contributed by atoms with Crippen LogP contribution < -0.4 is 0 Å². The predicted molar refractivity (Wildman–Crippen MR) is 56.9 cm³/mol. The lowest BCUT2D eigenvalue weighted by Gasteiger charge is -2.17. The molecule has 0 aliphatic carbocycles. The Morgan fingerprint density at radius 1 is 1.00 bits per heavy atom. The molecule has 68 valence electrons. The maximum absolute atomic E-state index is 2.35. The van der Waals surface area contributed by atoms with E-state index in [1.54, 1.807) is 0 Å². The zero-order chi connectivity index (χ0) is 8.69. The summed E-state index contributed by atoms with van der Waals surface area (Å²) in [6.07, 6.45) is 7.27. The van der Waals surface area contributed by atoms with Crippen molar-refractivity contribution < 1.29 is 0 Å². The van der Waals surface area contributed by atoms with Gasteiger partial charge in [-0.2, -0.15) is 0 Å². The third-order valence-corrected chi connectivity index (χ3v) is 5.11. The second kappa shape index (κ2) is 7.10. The molecule has 0 saturated carbocycles. The summed E-state index contributed by atoms with van der Waals surface area (Å²) >= 11 is 0. The van der Waals surface area contributed by atoms with Gasteiger partial charge < -0.3 is 0 Å². The Morgan fingerprint density at radius 2 is 1.45 bits per heavy atom. The molecule has 0 unspecified atom stereocenters. The van der Waals surface area contributed by atoms with Crippen molar-refractivity contribution in [2.45, 2.75) is 40.5 Å². The highest BCUT2D eigenvalue weighted by Gasteiger charge is 2.06. The maximum atomic E-state index is 2.35. The molecule has 11 heavy (non-hydrogen) atoms. The average Bonchev–Trinajstić information content (AvgIpc) is 1.87. The van der Waals surface area contributed by atoms with Crippen molar-refractivity contribution in [2.24, 2.45) is 5.92 Å². The first-order valence-electron chi connectivity index (χ1n) is 4.93. The predicted octanol–water partition coefficient (Wildman–Crippen LogP) is 3.94. The van der Waals surface area contributed by atoms with E-state index < -0.39 is 0 Å². The Labute approximate surface area is 73.5 Å². The molecule has 0 aromatic rings. The van der Waals surface area contributed by atoms with E-state index in [4.69, 9.17) is 0 Å². The third kappa shape index (κ3) is 6.81. The van der Waals surface area contributed by atoms with Crippen molar-refractivity contribution >= 4 is 7.92 Å². The molecule has 0 radical (unpaired) electrons. The number of hydrogen-bond acceptors (Lipinski definition) is 0. The normalized spacial score (nSPS) is 11.5. The molecule has 0 aliphatic rings. The Morgan fingerprint density at radius 3 is 1.73 bits per heavy atom.